The molecule has 0 bridgehead atoms. The molecule has 0 saturated carbocycles. The van der Waals surface area contributed by atoms with Crippen molar-refractivity contribution in [3.63, 3.8) is 0 Å². The van der Waals surface area contributed by atoms with Crippen molar-refractivity contribution in [3.05, 3.63) is 66.1 Å². The maximum atomic E-state index is 12.3. The first kappa shape index (κ1) is 16.0. The first-order valence-electron chi connectivity index (χ1n) is 8.18. The van der Waals surface area contributed by atoms with E-state index in [-0.39, 0.29) is 11.8 Å². The highest BCUT2D eigenvalue weighted by Gasteiger charge is 2.34. The highest BCUT2D eigenvalue weighted by Crippen LogP contribution is 2.23. The molecule has 26 heavy (non-hydrogen) atoms. The van der Waals surface area contributed by atoms with Crippen LogP contribution in [0, 0.1) is 0 Å². The van der Waals surface area contributed by atoms with Crippen LogP contribution in [-0.4, -0.2) is 40.1 Å². The first-order valence-corrected chi connectivity index (χ1v) is 8.18. The van der Waals surface area contributed by atoms with Gasteiger partial charge in [0.15, 0.2) is 0 Å². The maximum absolute atomic E-state index is 12.3. The number of carbonyl (C=O) groups excluding carboxylic acids is 2. The second-order valence-electron chi connectivity index (χ2n) is 5.78. The van der Waals surface area contributed by atoms with E-state index in [1.54, 1.807) is 24.3 Å². The Balaban J connectivity index is 1.30. The number of hydrogen-bond donors (Lipinski definition) is 0. The molecular weight excluding hydrogens is 334 g/mol. The molecule has 0 unspecified atom stereocenters. The number of rotatable bonds is 6. The van der Waals surface area contributed by atoms with Gasteiger partial charge in [0.25, 0.3) is 11.8 Å². The van der Waals surface area contributed by atoms with Gasteiger partial charge >= 0.3 is 0 Å². The molecule has 4 rings (SSSR count). The number of carbonyl (C=O) groups is 2. The molecule has 7 heteroatoms. The van der Waals surface area contributed by atoms with E-state index in [0.717, 1.165) is 5.56 Å². The molecule has 0 N–H and O–H groups in total. The number of imide groups is 1. The first-order chi connectivity index (χ1) is 12.7. The molecule has 7 nitrogen and oxygen atoms in total. The van der Waals surface area contributed by atoms with Gasteiger partial charge in [0, 0.05) is 12.1 Å². The summed E-state index contributed by atoms with van der Waals surface area (Å²) >= 11 is 0. The van der Waals surface area contributed by atoms with E-state index >= 15 is 0 Å². The lowest BCUT2D eigenvalue weighted by atomic mass is 10.1. The predicted octanol–water partition coefficient (Wildman–Crippen LogP) is 2.80. The van der Waals surface area contributed by atoms with Crippen LogP contribution in [0.1, 0.15) is 27.1 Å². The molecule has 2 amide bonds. The Labute approximate surface area is 149 Å². The Morgan fingerprint density at radius 3 is 2.27 bits per heavy atom. The van der Waals surface area contributed by atoms with Gasteiger partial charge in [-0.15, -0.1) is 10.2 Å². The Morgan fingerprint density at radius 1 is 0.962 bits per heavy atom. The summed E-state index contributed by atoms with van der Waals surface area (Å²) in [5, 5.41) is 7.48. The minimum absolute atomic E-state index is 0.241. The monoisotopic (exact) mass is 349 g/mol. The van der Waals surface area contributed by atoms with Gasteiger partial charge in [-0.1, -0.05) is 12.1 Å². The van der Waals surface area contributed by atoms with Gasteiger partial charge in [0.1, 0.15) is 5.75 Å². The molecule has 2 aromatic carbocycles. The SMILES string of the molecule is O=C1c2ccccc2C(=O)N1CCCOc1ccc(-c2nnco2)cc1. The van der Waals surface area contributed by atoms with E-state index in [9.17, 15) is 9.59 Å². The Hall–Kier alpha value is -3.48. The summed E-state index contributed by atoms with van der Waals surface area (Å²) in [6.45, 7) is 0.722. The van der Waals surface area contributed by atoms with E-state index in [4.69, 9.17) is 9.15 Å². The molecule has 0 fully saturated rings. The molecule has 1 aliphatic heterocycles. The number of aromatic nitrogens is 2. The predicted molar refractivity (Wildman–Crippen MR) is 91.7 cm³/mol. The van der Waals surface area contributed by atoms with Crippen molar-refractivity contribution >= 4 is 11.8 Å². The number of benzene rings is 2. The molecule has 0 radical (unpaired) electrons. The van der Waals surface area contributed by atoms with Crippen LogP contribution < -0.4 is 4.74 Å². The lowest BCUT2D eigenvalue weighted by Crippen LogP contribution is -2.31. The quantitative estimate of drug-likeness (QED) is 0.502. The van der Waals surface area contributed by atoms with Crippen LogP contribution in [-0.2, 0) is 0 Å². The van der Waals surface area contributed by atoms with Gasteiger partial charge < -0.3 is 9.15 Å². The molecule has 0 saturated heterocycles. The van der Waals surface area contributed by atoms with E-state index < -0.39 is 0 Å². The zero-order chi connectivity index (χ0) is 17.9. The molecule has 1 aromatic heterocycles. The lowest BCUT2D eigenvalue weighted by Gasteiger charge is -2.14. The van der Waals surface area contributed by atoms with Crippen molar-refractivity contribution < 1.29 is 18.7 Å². The minimum Gasteiger partial charge on any atom is -0.494 e. The van der Waals surface area contributed by atoms with E-state index in [0.29, 0.717) is 42.3 Å². The number of amides is 2. The summed E-state index contributed by atoms with van der Waals surface area (Å²) in [6.07, 6.45) is 1.83. The molecule has 0 atom stereocenters. The Morgan fingerprint density at radius 2 is 1.65 bits per heavy atom. The second-order valence-corrected chi connectivity index (χ2v) is 5.78. The van der Waals surface area contributed by atoms with Gasteiger partial charge in [0.2, 0.25) is 12.3 Å². The summed E-state index contributed by atoms with van der Waals surface area (Å²) < 4.78 is 10.8. The van der Waals surface area contributed by atoms with Crippen molar-refractivity contribution in [1.82, 2.24) is 15.1 Å². The average Bonchev–Trinajstić information content (AvgIpc) is 3.29. The molecular formula is C19H15N3O4. The van der Waals surface area contributed by atoms with Crippen LogP contribution in [0.25, 0.3) is 11.5 Å². The van der Waals surface area contributed by atoms with E-state index in [1.165, 1.54) is 11.3 Å². The Bertz CT molecular complexity index is 901. The fourth-order valence-corrected chi connectivity index (χ4v) is 2.85. The second kappa shape index (κ2) is 6.79. The van der Waals surface area contributed by atoms with Crippen molar-refractivity contribution in [3.8, 4) is 17.2 Å². The largest absolute Gasteiger partial charge is 0.494 e. The van der Waals surface area contributed by atoms with Crippen LogP contribution in [0.3, 0.4) is 0 Å². The van der Waals surface area contributed by atoms with E-state index in [2.05, 4.69) is 10.2 Å². The molecule has 1 aliphatic rings. The Kier molecular flexibility index (Phi) is 4.18. The van der Waals surface area contributed by atoms with Gasteiger partial charge in [-0.2, -0.15) is 0 Å². The van der Waals surface area contributed by atoms with Gasteiger partial charge in [-0.25, -0.2) is 0 Å². The zero-order valence-corrected chi connectivity index (χ0v) is 13.8. The third-order valence-electron chi connectivity index (χ3n) is 4.13. The highest BCUT2D eigenvalue weighted by atomic mass is 16.5. The van der Waals surface area contributed by atoms with Crippen LogP contribution in [0.2, 0.25) is 0 Å². The third-order valence-corrected chi connectivity index (χ3v) is 4.13. The number of hydrogen-bond acceptors (Lipinski definition) is 6. The summed E-state index contributed by atoms with van der Waals surface area (Å²) in [5.41, 5.74) is 1.74. The summed E-state index contributed by atoms with van der Waals surface area (Å²) in [4.78, 5) is 25.8. The highest BCUT2D eigenvalue weighted by molar-refractivity contribution is 6.21. The number of ether oxygens (including phenoxy) is 1. The number of fused-ring (bicyclic) bond motifs is 1. The van der Waals surface area contributed by atoms with Crippen molar-refractivity contribution in [1.29, 1.82) is 0 Å². The molecule has 0 aliphatic carbocycles. The van der Waals surface area contributed by atoms with Gasteiger partial charge in [0.05, 0.1) is 17.7 Å². The van der Waals surface area contributed by atoms with E-state index in [1.807, 2.05) is 24.3 Å². The normalized spacial score (nSPS) is 13.2. The van der Waals surface area contributed by atoms with Crippen molar-refractivity contribution in [2.24, 2.45) is 0 Å². The molecule has 0 spiro atoms. The zero-order valence-electron chi connectivity index (χ0n) is 13.8. The van der Waals surface area contributed by atoms with Crippen LogP contribution in [0.4, 0.5) is 0 Å². The van der Waals surface area contributed by atoms with Crippen LogP contribution in [0.15, 0.2) is 59.3 Å². The summed E-state index contributed by atoms with van der Waals surface area (Å²) in [7, 11) is 0. The summed E-state index contributed by atoms with van der Waals surface area (Å²) in [5.74, 6) is 0.654. The average molecular weight is 349 g/mol. The van der Waals surface area contributed by atoms with Crippen LogP contribution >= 0.6 is 0 Å². The number of nitrogens with zero attached hydrogens (tertiary/aromatic N) is 3. The third kappa shape index (κ3) is 2.95. The fourth-order valence-electron chi connectivity index (χ4n) is 2.85. The summed E-state index contributed by atoms with van der Waals surface area (Å²) in [6, 6.07) is 14.1. The topological polar surface area (TPSA) is 85.5 Å². The van der Waals surface area contributed by atoms with Crippen LogP contribution in [0.5, 0.6) is 5.75 Å². The fraction of sp³-hybridized carbons (Fsp3) is 0.158. The van der Waals surface area contributed by atoms with Crippen molar-refractivity contribution in [2.75, 3.05) is 13.2 Å². The molecule has 2 heterocycles. The standard InChI is InChI=1S/C19H15N3O4/c23-18-15-4-1-2-5-16(15)19(24)22(18)10-3-11-25-14-8-6-13(7-9-14)17-21-20-12-26-17/h1-2,4-9,12H,3,10-11H2. The van der Waals surface area contributed by atoms with Crippen molar-refractivity contribution in [2.45, 2.75) is 6.42 Å². The maximum Gasteiger partial charge on any atom is 0.261 e. The molecule has 3 aromatic rings. The minimum atomic E-state index is -0.241. The lowest BCUT2D eigenvalue weighted by molar-refractivity contribution is 0.0647. The van der Waals surface area contributed by atoms with Gasteiger partial charge in [-0.05, 0) is 42.8 Å². The molecule has 130 valence electrons. The smallest absolute Gasteiger partial charge is 0.261 e. The van der Waals surface area contributed by atoms with Gasteiger partial charge in [-0.3, -0.25) is 14.5 Å².